The zero-order valence-electron chi connectivity index (χ0n) is 9.07. The highest BCUT2D eigenvalue weighted by Gasteiger charge is 2.38. The lowest BCUT2D eigenvalue weighted by Gasteiger charge is -2.28. The molecule has 1 rings (SSSR count). The van der Waals surface area contributed by atoms with Crippen LogP contribution in [0.1, 0.15) is 26.2 Å². The summed E-state index contributed by atoms with van der Waals surface area (Å²) in [5.74, 6) is -1.05. The molecule has 0 aromatic heterocycles. The van der Waals surface area contributed by atoms with Gasteiger partial charge in [-0.1, -0.05) is 6.08 Å². The van der Waals surface area contributed by atoms with Gasteiger partial charge in [-0.3, -0.25) is 4.79 Å². The second-order valence-electron chi connectivity index (χ2n) is 3.77. The van der Waals surface area contributed by atoms with E-state index in [1.807, 2.05) is 0 Å². The predicted octanol–water partition coefficient (Wildman–Crippen LogP) is 1.04. The first kappa shape index (κ1) is 12.4. The third-order valence-electron chi connectivity index (χ3n) is 2.52. The Bertz CT molecular complexity index is 231. The third-order valence-corrected chi connectivity index (χ3v) is 2.52. The lowest BCUT2D eigenvalue weighted by molar-refractivity contribution is -0.182. The summed E-state index contributed by atoms with van der Waals surface area (Å²) in [5.41, 5.74) is 0. The fourth-order valence-corrected chi connectivity index (χ4v) is 1.62. The van der Waals surface area contributed by atoms with Gasteiger partial charge in [0.05, 0.1) is 13.2 Å². The van der Waals surface area contributed by atoms with Crippen LogP contribution in [0.15, 0.2) is 12.7 Å². The van der Waals surface area contributed by atoms with Gasteiger partial charge in [0, 0.05) is 12.8 Å². The molecule has 1 heterocycles. The number of carbonyl (C=O) groups excluding carboxylic acids is 1. The molecule has 1 unspecified atom stereocenters. The SMILES string of the molecule is C=CCCC1(CC(O)C(C)=O)OCCO1. The minimum absolute atomic E-state index is 0.205. The molecule has 1 N–H and O–H groups in total. The standard InChI is InChI=1S/C11H18O4/c1-3-4-5-11(14-6-7-15-11)8-10(13)9(2)12/h3,10,13H,1,4-8H2,2H3. The summed E-state index contributed by atoms with van der Waals surface area (Å²) in [4.78, 5) is 11.0. The van der Waals surface area contributed by atoms with E-state index >= 15 is 0 Å². The van der Waals surface area contributed by atoms with Crippen molar-refractivity contribution in [2.45, 2.75) is 38.1 Å². The molecule has 0 aliphatic carbocycles. The van der Waals surface area contributed by atoms with Gasteiger partial charge in [0.25, 0.3) is 0 Å². The number of aliphatic hydroxyl groups excluding tert-OH is 1. The highest BCUT2D eigenvalue weighted by Crippen LogP contribution is 2.30. The Balaban J connectivity index is 2.56. The van der Waals surface area contributed by atoms with Crippen molar-refractivity contribution in [1.29, 1.82) is 0 Å². The molecule has 15 heavy (non-hydrogen) atoms. The summed E-state index contributed by atoms with van der Waals surface area (Å²) in [7, 11) is 0. The maximum atomic E-state index is 11.0. The van der Waals surface area contributed by atoms with E-state index in [1.165, 1.54) is 6.92 Å². The lowest BCUT2D eigenvalue weighted by atomic mass is 10.0. The van der Waals surface area contributed by atoms with E-state index in [9.17, 15) is 9.90 Å². The second kappa shape index (κ2) is 5.39. The maximum absolute atomic E-state index is 11.0. The van der Waals surface area contributed by atoms with Gasteiger partial charge in [-0.25, -0.2) is 0 Å². The average molecular weight is 214 g/mol. The number of ketones is 1. The summed E-state index contributed by atoms with van der Waals surface area (Å²) >= 11 is 0. The summed E-state index contributed by atoms with van der Waals surface area (Å²) < 4.78 is 11.0. The molecule has 86 valence electrons. The van der Waals surface area contributed by atoms with E-state index in [0.717, 1.165) is 6.42 Å². The van der Waals surface area contributed by atoms with Crippen LogP contribution in [0.4, 0.5) is 0 Å². The van der Waals surface area contributed by atoms with Gasteiger partial charge in [-0.2, -0.15) is 0 Å². The van der Waals surface area contributed by atoms with Crippen molar-refractivity contribution >= 4 is 5.78 Å². The minimum Gasteiger partial charge on any atom is -0.385 e. The topological polar surface area (TPSA) is 55.8 Å². The Morgan fingerprint density at radius 3 is 2.67 bits per heavy atom. The van der Waals surface area contributed by atoms with Crippen molar-refractivity contribution in [2.24, 2.45) is 0 Å². The molecule has 0 spiro atoms. The van der Waals surface area contributed by atoms with Crippen molar-refractivity contribution in [3.63, 3.8) is 0 Å². The first-order valence-corrected chi connectivity index (χ1v) is 5.17. The number of aliphatic hydroxyl groups is 1. The van der Waals surface area contributed by atoms with Crippen LogP contribution in [0.3, 0.4) is 0 Å². The Kier molecular flexibility index (Phi) is 4.45. The molecule has 1 saturated heterocycles. The molecule has 0 amide bonds. The van der Waals surface area contributed by atoms with Crippen LogP contribution in [0.5, 0.6) is 0 Å². The monoisotopic (exact) mass is 214 g/mol. The number of hydrogen-bond acceptors (Lipinski definition) is 4. The quantitative estimate of drug-likeness (QED) is 0.671. The van der Waals surface area contributed by atoms with E-state index in [4.69, 9.17) is 9.47 Å². The van der Waals surface area contributed by atoms with Crippen LogP contribution in [0, 0.1) is 0 Å². The zero-order valence-corrected chi connectivity index (χ0v) is 9.07. The minimum atomic E-state index is -1.01. The number of hydrogen-bond donors (Lipinski definition) is 1. The Hall–Kier alpha value is -0.710. The highest BCUT2D eigenvalue weighted by molar-refractivity contribution is 5.80. The summed E-state index contributed by atoms with van der Waals surface area (Å²) in [5, 5.41) is 9.52. The van der Waals surface area contributed by atoms with Gasteiger partial charge < -0.3 is 14.6 Å². The predicted molar refractivity (Wildman–Crippen MR) is 55.4 cm³/mol. The number of rotatable bonds is 6. The molecule has 0 aromatic carbocycles. The molecule has 0 saturated carbocycles. The summed E-state index contributed by atoms with van der Waals surface area (Å²) in [6.07, 6.45) is 2.34. The van der Waals surface area contributed by atoms with Crippen LogP contribution in [-0.4, -0.2) is 36.0 Å². The van der Waals surface area contributed by atoms with E-state index < -0.39 is 11.9 Å². The van der Waals surface area contributed by atoms with Crippen LogP contribution < -0.4 is 0 Å². The zero-order chi connectivity index (χ0) is 11.3. The van der Waals surface area contributed by atoms with Crippen LogP contribution >= 0.6 is 0 Å². The third kappa shape index (κ3) is 3.41. The number of Topliss-reactive ketones (excluding diaryl/α,β-unsaturated/α-hetero) is 1. The molecular weight excluding hydrogens is 196 g/mol. The Morgan fingerprint density at radius 2 is 2.20 bits per heavy atom. The van der Waals surface area contributed by atoms with Crippen molar-refractivity contribution in [2.75, 3.05) is 13.2 Å². The first-order valence-electron chi connectivity index (χ1n) is 5.17. The number of carbonyl (C=O) groups is 1. The first-order chi connectivity index (χ1) is 7.09. The molecule has 1 aliphatic rings. The molecule has 0 bridgehead atoms. The number of ether oxygens (including phenoxy) is 2. The largest absolute Gasteiger partial charge is 0.385 e. The molecule has 1 aliphatic heterocycles. The van der Waals surface area contributed by atoms with Crippen LogP contribution in [0.2, 0.25) is 0 Å². The Morgan fingerprint density at radius 1 is 1.60 bits per heavy atom. The normalized spacial score (nSPS) is 21.2. The maximum Gasteiger partial charge on any atom is 0.171 e. The summed E-state index contributed by atoms with van der Waals surface area (Å²) in [6.45, 7) is 6.02. The van der Waals surface area contributed by atoms with Gasteiger partial charge in [0.2, 0.25) is 0 Å². The van der Waals surface area contributed by atoms with Crippen LogP contribution in [0.25, 0.3) is 0 Å². The van der Waals surface area contributed by atoms with Gasteiger partial charge in [0.1, 0.15) is 6.10 Å². The number of allylic oxidation sites excluding steroid dienone is 1. The second-order valence-corrected chi connectivity index (χ2v) is 3.77. The molecule has 4 heteroatoms. The molecule has 4 nitrogen and oxygen atoms in total. The van der Waals surface area contributed by atoms with Crippen LogP contribution in [-0.2, 0) is 14.3 Å². The molecule has 1 fully saturated rings. The molecule has 0 aromatic rings. The fourth-order valence-electron chi connectivity index (χ4n) is 1.62. The van der Waals surface area contributed by atoms with E-state index in [-0.39, 0.29) is 12.2 Å². The van der Waals surface area contributed by atoms with E-state index in [2.05, 4.69) is 6.58 Å². The van der Waals surface area contributed by atoms with Gasteiger partial charge >= 0.3 is 0 Å². The van der Waals surface area contributed by atoms with Gasteiger partial charge in [-0.15, -0.1) is 6.58 Å². The average Bonchev–Trinajstić information content (AvgIpc) is 2.64. The van der Waals surface area contributed by atoms with Crippen molar-refractivity contribution < 1.29 is 19.4 Å². The van der Waals surface area contributed by atoms with Crippen molar-refractivity contribution in [1.82, 2.24) is 0 Å². The highest BCUT2D eigenvalue weighted by atomic mass is 16.7. The molecule has 0 radical (unpaired) electrons. The summed E-state index contributed by atoms with van der Waals surface area (Å²) in [6, 6.07) is 0. The molecule has 1 atom stereocenters. The smallest absolute Gasteiger partial charge is 0.171 e. The van der Waals surface area contributed by atoms with Gasteiger partial charge in [0.15, 0.2) is 11.6 Å². The fraction of sp³-hybridized carbons (Fsp3) is 0.727. The van der Waals surface area contributed by atoms with Crippen molar-refractivity contribution in [3.05, 3.63) is 12.7 Å². The van der Waals surface area contributed by atoms with Crippen molar-refractivity contribution in [3.8, 4) is 0 Å². The van der Waals surface area contributed by atoms with E-state index in [1.54, 1.807) is 6.08 Å². The Labute approximate surface area is 89.9 Å². The van der Waals surface area contributed by atoms with Gasteiger partial charge in [-0.05, 0) is 13.3 Å². The van der Waals surface area contributed by atoms with E-state index in [0.29, 0.717) is 19.6 Å². The molecular formula is C11H18O4. The lowest BCUT2D eigenvalue weighted by Crippen LogP contribution is -2.37.